The van der Waals surface area contributed by atoms with Crippen LogP contribution >= 0.6 is 0 Å². The van der Waals surface area contributed by atoms with E-state index in [4.69, 9.17) is 4.74 Å². The predicted molar refractivity (Wildman–Crippen MR) is 112 cm³/mol. The molecule has 0 bridgehead atoms. The summed E-state index contributed by atoms with van der Waals surface area (Å²) in [6, 6.07) is 12.9. The molecule has 0 unspecified atom stereocenters. The molecule has 7 heteroatoms. The van der Waals surface area contributed by atoms with Crippen molar-refractivity contribution in [2.75, 3.05) is 19.7 Å². The lowest BCUT2D eigenvalue weighted by molar-refractivity contribution is -0.136. The third kappa shape index (κ3) is 4.46. The van der Waals surface area contributed by atoms with Gasteiger partial charge in [-0.2, -0.15) is 0 Å². The molecule has 30 heavy (non-hydrogen) atoms. The number of amides is 1. The van der Waals surface area contributed by atoms with Gasteiger partial charge >= 0.3 is 5.97 Å². The second-order valence-corrected chi connectivity index (χ2v) is 7.09. The number of carbonyl (C=O) groups is 3. The minimum atomic E-state index is -0.637. The van der Waals surface area contributed by atoms with Gasteiger partial charge < -0.3 is 14.6 Å². The van der Waals surface area contributed by atoms with E-state index in [9.17, 15) is 14.4 Å². The number of hydrogen-bond acceptors (Lipinski definition) is 5. The molecule has 1 aliphatic heterocycles. The molecular formula is C23H21N3O4. The molecule has 0 saturated carbocycles. The smallest absolute Gasteiger partial charge is 0.331 e. The fourth-order valence-electron chi connectivity index (χ4n) is 3.37. The molecule has 0 spiro atoms. The van der Waals surface area contributed by atoms with Crippen LogP contribution in [0.5, 0.6) is 0 Å². The molecule has 0 radical (unpaired) electrons. The summed E-state index contributed by atoms with van der Waals surface area (Å²) in [4.78, 5) is 45.6. The highest BCUT2D eigenvalue weighted by Gasteiger charge is 2.21. The number of benzene rings is 1. The number of pyridine rings is 1. The zero-order chi connectivity index (χ0) is 20.9. The molecule has 7 nitrogen and oxygen atoms in total. The summed E-state index contributed by atoms with van der Waals surface area (Å²) in [5.41, 5.74) is 2.13. The lowest BCUT2D eigenvalue weighted by Gasteiger charge is -2.13. The number of likely N-dealkylation sites (tertiary alicyclic amines) is 1. The van der Waals surface area contributed by atoms with Crippen molar-refractivity contribution in [3.8, 4) is 0 Å². The number of esters is 1. The van der Waals surface area contributed by atoms with E-state index in [2.05, 4.69) is 9.97 Å². The first-order valence-corrected chi connectivity index (χ1v) is 9.82. The number of aromatic nitrogens is 2. The number of fused-ring (bicyclic) bond motifs is 1. The highest BCUT2D eigenvalue weighted by atomic mass is 16.5. The monoisotopic (exact) mass is 403 g/mol. The minimum absolute atomic E-state index is 0.116. The van der Waals surface area contributed by atoms with Gasteiger partial charge in [-0.3, -0.25) is 9.59 Å². The van der Waals surface area contributed by atoms with Crippen LogP contribution in [-0.2, 0) is 9.53 Å². The van der Waals surface area contributed by atoms with Crippen molar-refractivity contribution in [3.63, 3.8) is 0 Å². The Bertz CT molecular complexity index is 1130. The molecule has 1 fully saturated rings. The van der Waals surface area contributed by atoms with Crippen molar-refractivity contribution < 1.29 is 19.1 Å². The number of rotatable bonds is 6. The minimum Gasteiger partial charge on any atom is -0.454 e. The van der Waals surface area contributed by atoms with Gasteiger partial charge in [-0.25, -0.2) is 9.78 Å². The second-order valence-electron chi connectivity index (χ2n) is 7.09. The van der Waals surface area contributed by atoms with Crippen LogP contribution in [0.4, 0.5) is 0 Å². The Labute approximate surface area is 173 Å². The number of nitrogens with zero attached hydrogens (tertiary/aromatic N) is 2. The maximum absolute atomic E-state index is 12.3. The molecule has 1 amide bonds. The Morgan fingerprint density at radius 1 is 1.10 bits per heavy atom. The molecule has 3 aromatic rings. The fourth-order valence-corrected chi connectivity index (χ4v) is 3.37. The van der Waals surface area contributed by atoms with E-state index in [0.29, 0.717) is 17.0 Å². The number of para-hydroxylation sites is 1. The van der Waals surface area contributed by atoms with Crippen LogP contribution in [0.3, 0.4) is 0 Å². The Balaban J connectivity index is 1.31. The van der Waals surface area contributed by atoms with E-state index >= 15 is 0 Å². The number of carbonyl (C=O) groups excluding carboxylic acids is 3. The molecular weight excluding hydrogens is 382 g/mol. The van der Waals surface area contributed by atoms with Gasteiger partial charge in [-0.15, -0.1) is 0 Å². The quantitative estimate of drug-likeness (QED) is 0.388. The highest BCUT2D eigenvalue weighted by Crippen LogP contribution is 2.14. The van der Waals surface area contributed by atoms with E-state index < -0.39 is 12.6 Å². The average Bonchev–Trinajstić information content (AvgIpc) is 3.48. The number of ether oxygens (including phenoxy) is 1. The standard InChI is InChI=1S/C23H21N3O4/c27-21(17-13-20(24-14-17)23(29)26-11-3-4-12-26)15-30-22(28)10-9-18-8-7-16-5-1-2-6-19(16)25-18/h1-2,5-10,13-14,24H,3-4,11-12,15H2/b10-9+. The molecule has 1 saturated heterocycles. The zero-order valence-electron chi connectivity index (χ0n) is 16.3. The SMILES string of the molecule is O=C(/C=C/c1ccc2ccccc2n1)OCC(=O)c1c[nH]c(C(=O)N2CCCC2)c1. The Morgan fingerprint density at radius 2 is 1.90 bits per heavy atom. The molecule has 0 atom stereocenters. The maximum Gasteiger partial charge on any atom is 0.331 e. The van der Waals surface area contributed by atoms with Crippen molar-refractivity contribution in [2.45, 2.75) is 12.8 Å². The van der Waals surface area contributed by atoms with Gasteiger partial charge in [-0.1, -0.05) is 24.3 Å². The van der Waals surface area contributed by atoms with Crippen LogP contribution in [0.25, 0.3) is 17.0 Å². The van der Waals surface area contributed by atoms with Crippen LogP contribution in [0.2, 0.25) is 0 Å². The van der Waals surface area contributed by atoms with Crippen LogP contribution < -0.4 is 0 Å². The highest BCUT2D eigenvalue weighted by molar-refractivity contribution is 6.01. The number of aromatic amines is 1. The van der Waals surface area contributed by atoms with Gasteiger partial charge in [0.15, 0.2) is 6.61 Å². The maximum atomic E-state index is 12.3. The first-order valence-electron chi connectivity index (χ1n) is 9.82. The first-order chi connectivity index (χ1) is 14.6. The summed E-state index contributed by atoms with van der Waals surface area (Å²) < 4.78 is 5.02. The van der Waals surface area contributed by atoms with Crippen molar-refractivity contribution in [3.05, 3.63) is 71.7 Å². The first kappa shape index (κ1) is 19.6. The summed E-state index contributed by atoms with van der Waals surface area (Å²) in [5, 5.41) is 1.01. The van der Waals surface area contributed by atoms with Crippen molar-refractivity contribution >= 4 is 34.6 Å². The van der Waals surface area contributed by atoms with Gasteiger partial charge in [-0.05, 0) is 37.1 Å². The normalized spacial score (nSPS) is 13.8. The van der Waals surface area contributed by atoms with E-state index in [0.717, 1.165) is 36.8 Å². The molecule has 152 valence electrons. The summed E-state index contributed by atoms with van der Waals surface area (Å²) >= 11 is 0. The van der Waals surface area contributed by atoms with E-state index in [-0.39, 0.29) is 11.7 Å². The largest absolute Gasteiger partial charge is 0.454 e. The number of hydrogen-bond donors (Lipinski definition) is 1. The van der Waals surface area contributed by atoms with Crippen molar-refractivity contribution in [1.82, 2.24) is 14.9 Å². The van der Waals surface area contributed by atoms with E-state index in [1.807, 2.05) is 30.3 Å². The predicted octanol–water partition coefficient (Wildman–Crippen LogP) is 3.24. The number of H-pyrrole nitrogens is 1. The van der Waals surface area contributed by atoms with Crippen LogP contribution in [-0.4, -0.2) is 52.2 Å². The number of ketones is 1. The Kier molecular flexibility index (Phi) is 5.70. The van der Waals surface area contributed by atoms with Crippen LogP contribution in [0.15, 0.2) is 54.7 Å². The van der Waals surface area contributed by atoms with Crippen molar-refractivity contribution in [2.24, 2.45) is 0 Å². The van der Waals surface area contributed by atoms with Gasteiger partial charge in [0.05, 0.1) is 11.2 Å². The van der Waals surface area contributed by atoms with Gasteiger partial charge in [0.1, 0.15) is 5.69 Å². The van der Waals surface area contributed by atoms with Gasteiger partial charge in [0.2, 0.25) is 5.78 Å². The summed E-state index contributed by atoms with van der Waals surface area (Å²) in [6.45, 7) is 1.07. The number of Topliss-reactive ketones (excluding diaryl/α,β-unsaturated/α-hetero) is 1. The zero-order valence-corrected chi connectivity index (χ0v) is 16.3. The molecule has 1 aliphatic rings. The fraction of sp³-hybridized carbons (Fsp3) is 0.217. The van der Waals surface area contributed by atoms with Crippen LogP contribution in [0.1, 0.15) is 39.4 Å². The van der Waals surface area contributed by atoms with Gasteiger partial charge in [0.25, 0.3) is 5.91 Å². The summed E-state index contributed by atoms with van der Waals surface area (Å²) in [5.74, 6) is -1.13. The lowest BCUT2D eigenvalue weighted by atomic mass is 10.2. The summed E-state index contributed by atoms with van der Waals surface area (Å²) in [7, 11) is 0. The van der Waals surface area contributed by atoms with E-state index in [1.165, 1.54) is 18.3 Å². The Morgan fingerprint density at radius 3 is 2.73 bits per heavy atom. The lowest BCUT2D eigenvalue weighted by Crippen LogP contribution is -2.27. The third-order valence-corrected chi connectivity index (χ3v) is 4.98. The molecule has 1 aromatic carbocycles. The van der Waals surface area contributed by atoms with Crippen molar-refractivity contribution in [1.29, 1.82) is 0 Å². The molecule has 2 aromatic heterocycles. The average molecular weight is 403 g/mol. The second kappa shape index (κ2) is 8.73. The van der Waals surface area contributed by atoms with Crippen LogP contribution in [0, 0.1) is 0 Å². The molecule has 0 aliphatic carbocycles. The number of nitrogens with one attached hydrogen (secondary N) is 1. The van der Waals surface area contributed by atoms with E-state index in [1.54, 1.807) is 17.0 Å². The molecule has 3 heterocycles. The van der Waals surface area contributed by atoms with Gasteiger partial charge in [0, 0.05) is 36.3 Å². The molecule has 4 rings (SSSR count). The topological polar surface area (TPSA) is 92.4 Å². The summed E-state index contributed by atoms with van der Waals surface area (Å²) in [6.07, 6.45) is 6.24. The molecule has 1 N–H and O–H groups in total. The third-order valence-electron chi connectivity index (χ3n) is 4.98. The Hall–Kier alpha value is -3.74.